The topological polar surface area (TPSA) is 62.5 Å². The first-order valence-corrected chi connectivity index (χ1v) is 7.05. The van der Waals surface area contributed by atoms with Gasteiger partial charge in [0.2, 0.25) is 0 Å². The van der Waals surface area contributed by atoms with Gasteiger partial charge in [0.05, 0.1) is 5.41 Å². The zero-order valence-electron chi connectivity index (χ0n) is 12.3. The normalized spacial score (nSPS) is 23.1. The van der Waals surface area contributed by atoms with E-state index in [0.29, 0.717) is 18.7 Å². The molecule has 0 bridgehead atoms. The average molecular weight is 278 g/mol. The van der Waals surface area contributed by atoms with Crippen LogP contribution in [0.5, 0.6) is 0 Å². The van der Waals surface area contributed by atoms with E-state index in [0.717, 1.165) is 6.42 Å². The van der Waals surface area contributed by atoms with E-state index in [1.54, 1.807) is 17.9 Å². The Labute approximate surface area is 119 Å². The number of aromatic nitrogens is 1. The van der Waals surface area contributed by atoms with Crippen LogP contribution in [0.15, 0.2) is 18.3 Å². The molecular formula is C15H22N2O3. The van der Waals surface area contributed by atoms with Gasteiger partial charge >= 0.3 is 5.97 Å². The minimum Gasteiger partial charge on any atom is -0.481 e. The van der Waals surface area contributed by atoms with Crippen LogP contribution in [0, 0.1) is 5.41 Å². The zero-order chi connectivity index (χ0) is 14.9. The lowest BCUT2D eigenvalue weighted by Crippen LogP contribution is -2.48. The minimum absolute atomic E-state index is 0.0733. The number of amides is 1. The lowest BCUT2D eigenvalue weighted by molar-refractivity contribution is -0.150. The highest BCUT2D eigenvalue weighted by atomic mass is 16.4. The second-order valence-electron chi connectivity index (χ2n) is 6.09. The maximum Gasteiger partial charge on any atom is 0.311 e. The Morgan fingerprint density at radius 1 is 1.40 bits per heavy atom. The molecule has 1 saturated heterocycles. The molecule has 1 fully saturated rings. The number of carbonyl (C=O) groups is 2. The van der Waals surface area contributed by atoms with Crippen molar-refractivity contribution >= 4 is 11.9 Å². The van der Waals surface area contributed by atoms with Crippen LogP contribution in [-0.2, 0) is 4.79 Å². The molecular weight excluding hydrogens is 256 g/mol. The molecule has 0 aliphatic carbocycles. The SMILES string of the molecule is CC(C)n1cccc1C(=O)N1CCCC(C)(C(=O)O)C1. The van der Waals surface area contributed by atoms with Gasteiger partial charge in [-0.3, -0.25) is 9.59 Å². The molecule has 1 amide bonds. The van der Waals surface area contributed by atoms with Crippen molar-refractivity contribution in [3.63, 3.8) is 0 Å². The Bertz CT molecular complexity index is 521. The Balaban J connectivity index is 2.21. The van der Waals surface area contributed by atoms with E-state index < -0.39 is 11.4 Å². The van der Waals surface area contributed by atoms with Crippen LogP contribution in [0.3, 0.4) is 0 Å². The standard InChI is InChI=1S/C15H22N2O3/c1-11(2)17-9-4-6-12(17)13(18)16-8-5-7-15(3,10-16)14(19)20/h4,6,9,11H,5,7-8,10H2,1-3H3,(H,19,20). The molecule has 110 valence electrons. The van der Waals surface area contributed by atoms with Crippen molar-refractivity contribution in [2.24, 2.45) is 5.41 Å². The van der Waals surface area contributed by atoms with E-state index in [1.165, 1.54) is 0 Å². The van der Waals surface area contributed by atoms with Crippen molar-refractivity contribution in [2.45, 2.75) is 39.7 Å². The number of aliphatic carboxylic acids is 1. The van der Waals surface area contributed by atoms with Crippen molar-refractivity contribution in [3.8, 4) is 0 Å². The summed E-state index contributed by atoms with van der Waals surface area (Å²) in [6, 6.07) is 3.86. The highest BCUT2D eigenvalue weighted by Crippen LogP contribution is 2.30. The molecule has 1 aliphatic heterocycles. The lowest BCUT2D eigenvalue weighted by atomic mass is 9.82. The van der Waals surface area contributed by atoms with Crippen LogP contribution in [0.25, 0.3) is 0 Å². The molecule has 5 nitrogen and oxygen atoms in total. The highest BCUT2D eigenvalue weighted by Gasteiger charge is 2.39. The summed E-state index contributed by atoms with van der Waals surface area (Å²) >= 11 is 0. The fourth-order valence-electron chi connectivity index (χ4n) is 2.77. The summed E-state index contributed by atoms with van der Waals surface area (Å²) in [5.41, 5.74) is -0.196. The summed E-state index contributed by atoms with van der Waals surface area (Å²) in [5.74, 6) is -0.898. The molecule has 1 aromatic rings. The van der Waals surface area contributed by atoms with Crippen LogP contribution in [0.1, 0.15) is 50.1 Å². The number of nitrogens with zero attached hydrogens (tertiary/aromatic N) is 2. The Morgan fingerprint density at radius 2 is 2.10 bits per heavy atom. The molecule has 1 aromatic heterocycles. The maximum atomic E-state index is 12.6. The molecule has 1 N–H and O–H groups in total. The summed E-state index contributed by atoms with van der Waals surface area (Å²) in [7, 11) is 0. The fourth-order valence-corrected chi connectivity index (χ4v) is 2.77. The van der Waals surface area contributed by atoms with Crippen molar-refractivity contribution < 1.29 is 14.7 Å². The molecule has 20 heavy (non-hydrogen) atoms. The summed E-state index contributed by atoms with van der Waals surface area (Å²) in [6.45, 7) is 6.67. The summed E-state index contributed by atoms with van der Waals surface area (Å²) in [4.78, 5) is 25.6. The number of hydrogen-bond acceptors (Lipinski definition) is 2. The number of piperidine rings is 1. The van der Waals surface area contributed by atoms with Gasteiger partial charge in [0.1, 0.15) is 5.69 Å². The van der Waals surface area contributed by atoms with Crippen molar-refractivity contribution in [1.82, 2.24) is 9.47 Å². The van der Waals surface area contributed by atoms with Crippen LogP contribution < -0.4 is 0 Å². The summed E-state index contributed by atoms with van der Waals surface area (Å²) in [6.07, 6.45) is 3.24. The van der Waals surface area contributed by atoms with E-state index in [1.807, 2.05) is 30.7 Å². The monoisotopic (exact) mass is 278 g/mol. The molecule has 0 aromatic carbocycles. The number of likely N-dealkylation sites (tertiary alicyclic amines) is 1. The number of hydrogen-bond donors (Lipinski definition) is 1. The number of carboxylic acids is 1. The fraction of sp³-hybridized carbons (Fsp3) is 0.600. The first-order chi connectivity index (χ1) is 9.35. The Hall–Kier alpha value is -1.78. The predicted octanol–water partition coefficient (Wildman–Crippen LogP) is 2.40. The maximum absolute atomic E-state index is 12.6. The van der Waals surface area contributed by atoms with Gasteiger partial charge in [-0.2, -0.15) is 0 Å². The number of rotatable bonds is 3. The summed E-state index contributed by atoms with van der Waals surface area (Å²) in [5, 5.41) is 9.33. The minimum atomic E-state index is -0.830. The third-order valence-electron chi connectivity index (χ3n) is 4.05. The van der Waals surface area contributed by atoms with E-state index in [4.69, 9.17) is 0 Å². The molecule has 0 radical (unpaired) electrons. The average Bonchev–Trinajstić information content (AvgIpc) is 2.87. The summed E-state index contributed by atoms with van der Waals surface area (Å²) < 4.78 is 1.93. The third kappa shape index (κ3) is 2.57. The van der Waals surface area contributed by atoms with Gasteiger partial charge in [-0.15, -0.1) is 0 Å². The lowest BCUT2D eigenvalue weighted by Gasteiger charge is -2.37. The smallest absolute Gasteiger partial charge is 0.311 e. The number of carbonyl (C=O) groups excluding carboxylic acids is 1. The molecule has 1 unspecified atom stereocenters. The first-order valence-electron chi connectivity index (χ1n) is 7.05. The largest absolute Gasteiger partial charge is 0.481 e. The van der Waals surface area contributed by atoms with E-state index in [-0.39, 0.29) is 18.5 Å². The second kappa shape index (κ2) is 5.31. The predicted molar refractivity (Wildman–Crippen MR) is 75.7 cm³/mol. The Kier molecular flexibility index (Phi) is 3.88. The van der Waals surface area contributed by atoms with Crippen molar-refractivity contribution in [3.05, 3.63) is 24.0 Å². The van der Waals surface area contributed by atoms with Gasteiger partial charge in [-0.1, -0.05) is 0 Å². The molecule has 0 saturated carbocycles. The van der Waals surface area contributed by atoms with Crippen LogP contribution in [0.2, 0.25) is 0 Å². The van der Waals surface area contributed by atoms with Gasteiger partial charge < -0.3 is 14.6 Å². The van der Waals surface area contributed by atoms with Gasteiger partial charge in [0.25, 0.3) is 5.91 Å². The van der Waals surface area contributed by atoms with Gasteiger partial charge in [0.15, 0.2) is 0 Å². The van der Waals surface area contributed by atoms with Crippen LogP contribution in [-0.4, -0.2) is 39.5 Å². The molecule has 0 spiro atoms. The molecule has 5 heteroatoms. The van der Waals surface area contributed by atoms with Crippen molar-refractivity contribution in [1.29, 1.82) is 0 Å². The van der Waals surface area contributed by atoms with Gasteiger partial charge in [-0.25, -0.2) is 0 Å². The first kappa shape index (κ1) is 14.6. The van der Waals surface area contributed by atoms with Gasteiger partial charge in [0, 0.05) is 25.3 Å². The van der Waals surface area contributed by atoms with E-state index in [2.05, 4.69) is 0 Å². The second-order valence-corrected chi connectivity index (χ2v) is 6.09. The molecule has 2 heterocycles. The van der Waals surface area contributed by atoms with E-state index in [9.17, 15) is 14.7 Å². The zero-order valence-corrected chi connectivity index (χ0v) is 12.3. The third-order valence-corrected chi connectivity index (χ3v) is 4.05. The van der Waals surface area contributed by atoms with Crippen molar-refractivity contribution in [2.75, 3.05) is 13.1 Å². The quantitative estimate of drug-likeness (QED) is 0.923. The molecule has 2 rings (SSSR count). The van der Waals surface area contributed by atoms with Gasteiger partial charge in [-0.05, 0) is 45.7 Å². The van der Waals surface area contributed by atoms with E-state index >= 15 is 0 Å². The number of carboxylic acid groups (broad SMARTS) is 1. The van der Waals surface area contributed by atoms with Crippen LogP contribution >= 0.6 is 0 Å². The molecule has 1 atom stereocenters. The Morgan fingerprint density at radius 3 is 2.70 bits per heavy atom. The van der Waals surface area contributed by atoms with Crippen LogP contribution in [0.4, 0.5) is 0 Å². The highest BCUT2D eigenvalue weighted by molar-refractivity contribution is 5.93. The molecule has 1 aliphatic rings.